The molecule has 1 aromatic heterocycles. The lowest BCUT2D eigenvalue weighted by atomic mass is 10.1. The van der Waals surface area contributed by atoms with Crippen molar-refractivity contribution < 1.29 is 18.3 Å². The number of halogens is 3. The van der Waals surface area contributed by atoms with Crippen LogP contribution in [0.4, 0.5) is 13.2 Å². The van der Waals surface area contributed by atoms with Gasteiger partial charge in [-0.1, -0.05) is 12.1 Å². The Labute approximate surface area is 120 Å². The van der Waals surface area contributed by atoms with Crippen LogP contribution in [0.3, 0.4) is 0 Å². The minimum absolute atomic E-state index is 0.170. The summed E-state index contributed by atoms with van der Waals surface area (Å²) in [6.07, 6.45) is -2.09. The van der Waals surface area contributed by atoms with Crippen LogP contribution in [-0.2, 0) is 12.7 Å². The van der Waals surface area contributed by atoms with Crippen LogP contribution in [0.1, 0.15) is 22.8 Å². The normalized spacial score (nSPS) is 13.1. The first-order valence-corrected chi connectivity index (χ1v) is 6.41. The Morgan fingerprint density at radius 1 is 1.14 bits per heavy atom. The van der Waals surface area contributed by atoms with Crippen molar-refractivity contribution in [3.63, 3.8) is 0 Å². The van der Waals surface area contributed by atoms with Gasteiger partial charge in [0.2, 0.25) is 0 Å². The van der Waals surface area contributed by atoms with E-state index in [4.69, 9.17) is 0 Å². The van der Waals surface area contributed by atoms with Crippen LogP contribution in [0.15, 0.2) is 48.8 Å². The summed E-state index contributed by atoms with van der Waals surface area (Å²) in [5, 5.41) is 12.9. The van der Waals surface area contributed by atoms with Crippen molar-refractivity contribution in [2.75, 3.05) is 6.54 Å². The fourth-order valence-electron chi connectivity index (χ4n) is 1.89. The summed E-state index contributed by atoms with van der Waals surface area (Å²) in [7, 11) is 0. The van der Waals surface area contributed by atoms with Crippen molar-refractivity contribution >= 4 is 0 Å². The number of benzene rings is 1. The highest BCUT2D eigenvalue weighted by molar-refractivity contribution is 5.27. The molecule has 3 nitrogen and oxygen atoms in total. The van der Waals surface area contributed by atoms with Gasteiger partial charge in [-0.05, 0) is 35.4 Å². The maximum absolute atomic E-state index is 12.6. The standard InChI is InChI=1S/C15H15F3N2O/c16-15(17,18)13-3-1-2-12(8-13)14(21)10-20-9-11-4-6-19-7-5-11/h1-8,14,20-21H,9-10H2. The molecule has 0 spiro atoms. The summed E-state index contributed by atoms with van der Waals surface area (Å²) in [6.45, 7) is 0.683. The summed E-state index contributed by atoms with van der Waals surface area (Å²) >= 11 is 0. The molecule has 1 unspecified atom stereocenters. The molecule has 2 aromatic rings. The van der Waals surface area contributed by atoms with Crippen molar-refractivity contribution in [2.24, 2.45) is 0 Å². The van der Waals surface area contributed by atoms with Gasteiger partial charge >= 0.3 is 6.18 Å². The highest BCUT2D eigenvalue weighted by Gasteiger charge is 2.30. The van der Waals surface area contributed by atoms with Crippen LogP contribution in [0.2, 0.25) is 0 Å². The first kappa shape index (κ1) is 15.5. The number of aromatic nitrogens is 1. The number of aliphatic hydroxyl groups excluding tert-OH is 1. The molecule has 0 radical (unpaired) electrons. The average Bonchev–Trinajstić information content (AvgIpc) is 2.47. The Kier molecular flexibility index (Phi) is 4.93. The molecule has 1 heterocycles. The monoisotopic (exact) mass is 296 g/mol. The van der Waals surface area contributed by atoms with Gasteiger partial charge in [0.15, 0.2) is 0 Å². The number of hydrogen-bond donors (Lipinski definition) is 2. The molecule has 0 saturated heterocycles. The van der Waals surface area contributed by atoms with Crippen molar-refractivity contribution in [3.05, 3.63) is 65.5 Å². The smallest absolute Gasteiger partial charge is 0.387 e. The number of alkyl halides is 3. The third-order valence-corrected chi connectivity index (χ3v) is 3.01. The zero-order chi connectivity index (χ0) is 15.3. The number of pyridine rings is 1. The van der Waals surface area contributed by atoms with Gasteiger partial charge in [0.05, 0.1) is 11.7 Å². The van der Waals surface area contributed by atoms with Crippen molar-refractivity contribution in [1.82, 2.24) is 10.3 Å². The first-order valence-electron chi connectivity index (χ1n) is 6.41. The quantitative estimate of drug-likeness (QED) is 0.891. The lowest BCUT2D eigenvalue weighted by molar-refractivity contribution is -0.137. The maximum atomic E-state index is 12.6. The Morgan fingerprint density at radius 3 is 2.52 bits per heavy atom. The molecule has 6 heteroatoms. The van der Waals surface area contributed by atoms with Crippen LogP contribution < -0.4 is 5.32 Å². The number of aliphatic hydroxyl groups is 1. The zero-order valence-corrected chi connectivity index (χ0v) is 11.1. The minimum Gasteiger partial charge on any atom is -0.387 e. The Hall–Kier alpha value is -1.92. The predicted molar refractivity (Wildman–Crippen MR) is 72.3 cm³/mol. The molecule has 2 rings (SSSR count). The van der Waals surface area contributed by atoms with E-state index in [1.54, 1.807) is 12.4 Å². The summed E-state index contributed by atoms with van der Waals surface area (Å²) in [5.74, 6) is 0. The van der Waals surface area contributed by atoms with E-state index in [0.29, 0.717) is 6.54 Å². The average molecular weight is 296 g/mol. The Morgan fingerprint density at radius 2 is 1.86 bits per heavy atom. The van der Waals surface area contributed by atoms with Gasteiger partial charge in [-0.3, -0.25) is 4.98 Å². The SMILES string of the molecule is OC(CNCc1ccncc1)c1cccc(C(F)(F)F)c1. The van der Waals surface area contributed by atoms with Gasteiger partial charge in [-0.25, -0.2) is 0 Å². The molecule has 2 N–H and O–H groups in total. The van der Waals surface area contributed by atoms with Crippen molar-refractivity contribution in [1.29, 1.82) is 0 Å². The van der Waals surface area contributed by atoms with E-state index in [-0.39, 0.29) is 12.1 Å². The molecule has 0 fully saturated rings. The fraction of sp³-hybridized carbons (Fsp3) is 0.267. The van der Waals surface area contributed by atoms with Crippen molar-refractivity contribution in [2.45, 2.75) is 18.8 Å². The van der Waals surface area contributed by atoms with E-state index in [1.165, 1.54) is 12.1 Å². The first-order chi connectivity index (χ1) is 9.97. The highest BCUT2D eigenvalue weighted by Crippen LogP contribution is 2.30. The molecule has 0 bridgehead atoms. The second-order valence-electron chi connectivity index (χ2n) is 4.63. The molecule has 1 aromatic carbocycles. The maximum Gasteiger partial charge on any atom is 0.416 e. The number of nitrogens with zero attached hydrogens (tertiary/aromatic N) is 1. The number of hydrogen-bond acceptors (Lipinski definition) is 3. The second-order valence-corrected chi connectivity index (χ2v) is 4.63. The van der Waals surface area contributed by atoms with E-state index < -0.39 is 17.8 Å². The summed E-state index contributed by atoms with van der Waals surface area (Å²) < 4.78 is 37.8. The Bertz CT molecular complexity index is 573. The zero-order valence-electron chi connectivity index (χ0n) is 11.1. The predicted octanol–water partition coefficient (Wildman–Crippen LogP) is 2.92. The van der Waals surface area contributed by atoms with Crippen molar-refractivity contribution in [3.8, 4) is 0 Å². The molecular weight excluding hydrogens is 281 g/mol. The van der Waals surface area contributed by atoms with Crippen LogP contribution >= 0.6 is 0 Å². The topological polar surface area (TPSA) is 45.1 Å². The van der Waals surface area contributed by atoms with E-state index in [9.17, 15) is 18.3 Å². The molecule has 0 aliphatic rings. The van der Waals surface area contributed by atoms with Crippen LogP contribution in [0.25, 0.3) is 0 Å². The van der Waals surface area contributed by atoms with Crippen LogP contribution in [0, 0.1) is 0 Å². The lowest BCUT2D eigenvalue weighted by Crippen LogP contribution is -2.21. The van der Waals surface area contributed by atoms with E-state index >= 15 is 0 Å². The molecular formula is C15H15F3N2O. The highest BCUT2D eigenvalue weighted by atomic mass is 19.4. The molecule has 112 valence electrons. The summed E-state index contributed by atoms with van der Waals surface area (Å²) in [6, 6.07) is 8.38. The molecule has 0 amide bonds. The van der Waals surface area contributed by atoms with E-state index in [0.717, 1.165) is 17.7 Å². The molecule has 21 heavy (non-hydrogen) atoms. The molecule has 0 aliphatic heterocycles. The van der Waals surface area contributed by atoms with Gasteiger partial charge in [0.25, 0.3) is 0 Å². The van der Waals surface area contributed by atoms with Gasteiger partial charge in [0.1, 0.15) is 0 Å². The Balaban J connectivity index is 1.93. The minimum atomic E-state index is -4.40. The van der Waals surface area contributed by atoms with Gasteiger partial charge in [-0.2, -0.15) is 13.2 Å². The third kappa shape index (κ3) is 4.54. The van der Waals surface area contributed by atoms with E-state index in [2.05, 4.69) is 10.3 Å². The summed E-state index contributed by atoms with van der Waals surface area (Å²) in [4.78, 5) is 3.89. The van der Waals surface area contributed by atoms with Crippen LogP contribution in [-0.4, -0.2) is 16.6 Å². The molecule has 0 aliphatic carbocycles. The van der Waals surface area contributed by atoms with Gasteiger partial charge in [-0.15, -0.1) is 0 Å². The fourth-order valence-corrected chi connectivity index (χ4v) is 1.89. The number of nitrogens with one attached hydrogen (secondary N) is 1. The summed E-state index contributed by atoms with van der Waals surface area (Å²) in [5.41, 5.74) is 0.474. The second kappa shape index (κ2) is 6.69. The third-order valence-electron chi connectivity index (χ3n) is 3.01. The molecule has 1 atom stereocenters. The van der Waals surface area contributed by atoms with Gasteiger partial charge in [0, 0.05) is 25.5 Å². The largest absolute Gasteiger partial charge is 0.416 e. The molecule has 0 saturated carbocycles. The lowest BCUT2D eigenvalue weighted by Gasteiger charge is -2.14. The van der Waals surface area contributed by atoms with Gasteiger partial charge < -0.3 is 10.4 Å². The van der Waals surface area contributed by atoms with E-state index in [1.807, 2.05) is 12.1 Å². The van der Waals surface area contributed by atoms with Crippen LogP contribution in [0.5, 0.6) is 0 Å². The number of rotatable bonds is 5.